The van der Waals surface area contributed by atoms with Gasteiger partial charge in [-0.25, -0.2) is 21.6 Å². The molecule has 3 N–H and O–H groups in total. The third-order valence-corrected chi connectivity index (χ3v) is 18.4. The lowest BCUT2D eigenvalue weighted by atomic mass is 9.33. The molecule has 0 aromatic heterocycles. The Bertz CT molecular complexity index is 2450. The maximum absolute atomic E-state index is 14.2. The monoisotopic (exact) mass is 957 g/mol. The number of likely N-dealkylation sites (tertiary alicyclic amines) is 1. The molecule has 1 amide bonds. The number of thioether (sulfide) groups is 1. The highest BCUT2D eigenvalue weighted by Crippen LogP contribution is 2.77. The molecule has 6 aliphatic rings. The van der Waals surface area contributed by atoms with Crippen molar-refractivity contribution in [1.29, 1.82) is 0 Å². The number of aliphatic hydroxyl groups excluding tert-OH is 1. The second-order valence-electron chi connectivity index (χ2n) is 20.2. The summed E-state index contributed by atoms with van der Waals surface area (Å²) in [6.45, 7) is 13.4. The minimum atomic E-state index is -6.06. The van der Waals surface area contributed by atoms with Crippen LogP contribution in [0.2, 0.25) is 0 Å². The zero-order valence-electron chi connectivity index (χ0n) is 37.5. The Kier molecular flexibility index (Phi) is 13.6. The van der Waals surface area contributed by atoms with Crippen LogP contribution >= 0.6 is 11.8 Å². The van der Waals surface area contributed by atoms with Gasteiger partial charge in [-0.15, -0.1) is 11.8 Å². The first-order valence-electron chi connectivity index (χ1n) is 22.8. The van der Waals surface area contributed by atoms with E-state index < -0.39 is 52.8 Å². The van der Waals surface area contributed by atoms with E-state index >= 15 is 0 Å². The molecule has 1 atom stereocenters. The fourth-order valence-corrected chi connectivity index (χ4v) is 13.9. The summed E-state index contributed by atoms with van der Waals surface area (Å²) in [7, 11) is -10.9. The molecule has 4 aliphatic carbocycles. The number of nitrogens with one attached hydrogen (secondary N) is 2. The smallest absolute Gasteiger partial charge is 0.393 e. The van der Waals surface area contributed by atoms with E-state index in [1.807, 2.05) is 35.1 Å². The molecule has 3 aromatic carbocycles. The molecule has 3 saturated carbocycles. The topological polar surface area (TPSA) is 139 Å². The maximum Gasteiger partial charge on any atom is 0.501 e. The number of alkyl halides is 3. The number of allylic oxidation sites excluding steroid dienone is 1. The van der Waals surface area contributed by atoms with Gasteiger partial charge in [-0.2, -0.15) is 13.2 Å². The van der Waals surface area contributed by atoms with E-state index in [0.717, 1.165) is 55.4 Å². The SMILES string of the molecule is CC1(C)CCC(CN2CCN(c3ccc(C(=O)NS(=O)(=O)c4ccc(NC(CCN5CCC(O)CC5)CSc5ccccc5)c(S(=O)(=O)C(F)(F)F)c4)cc3)CC2)=C(C23CC(C)(C2)C3)C1. The van der Waals surface area contributed by atoms with Gasteiger partial charge in [0.2, 0.25) is 0 Å². The molecule has 2 saturated heterocycles. The van der Waals surface area contributed by atoms with Crippen LogP contribution in [0.5, 0.6) is 0 Å². The lowest BCUT2D eigenvalue weighted by molar-refractivity contribution is -0.167. The quantitative estimate of drug-likeness (QED) is 0.0944. The normalized spacial score (nSPS) is 24.8. The number of piperidine rings is 1. The number of piperazine rings is 1. The van der Waals surface area contributed by atoms with Crippen molar-refractivity contribution >= 4 is 48.9 Å². The van der Waals surface area contributed by atoms with Crippen LogP contribution in [0.15, 0.2) is 98.6 Å². The Hall–Kier alpha value is -3.61. The summed E-state index contributed by atoms with van der Waals surface area (Å²) >= 11 is 1.44. The summed E-state index contributed by atoms with van der Waals surface area (Å²) in [5.74, 6) is -0.653. The first-order valence-corrected chi connectivity index (χ1v) is 26.7. The molecule has 65 heavy (non-hydrogen) atoms. The lowest BCUT2D eigenvalue weighted by Crippen LogP contribution is -2.61. The average molecular weight is 958 g/mol. The van der Waals surface area contributed by atoms with Crippen molar-refractivity contribution in [3.63, 3.8) is 0 Å². The van der Waals surface area contributed by atoms with Gasteiger partial charge >= 0.3 is 5.51 Å². The third-order valence-electron chi connectivity index (χ3n) is 14.4. The van der Waals surface area contributed by atoms with Gasteiger partial charge in [-0.05, 0) is 129 Å². The van der Waals surface area contributed by atoms with Crippen LogP contribution in [-0.4, -0.2) is 113 Å². The predicted octanol–water partition coefficient (Wildman–Crippen LogP) is 8.34. The molecule has 2 aliphatic heterocycles. The number of nitrogens with zero attached hydrogens (tertiary/aromatic N) is 3. The zero-order valence-corrected chi connectivity index (χ0v) is 39.9. The van der Waals surface area contributed by atoms with Gasteiger partial charge < -0.3 is 20.2 Å². The molecule has 0 radical (unpaired) electrons. The molecule has 2 heterocycles. The zero-order chi connectivity index (χ0) is 46.4. The minimum Gasteiger partial charge on any atom is -0.393 e. The second kappa shape index (κ2) is 18.5. The number of hydrogen-bond donors (Lipinski definition) is 3. The van der Waals surface area contributed by atoms with Gasteiger partial charge in [0.1, 0.15) is 4.90 Å². The second-order valence-corrected chi connectivity index (χ2v) is 24.9. The Morgan fingerprint density at radius 1 is 0.877 bits per heavy atom. The molecule has 1 unspecified atom stereocenters. The molecular weight excluding hydrogens is 896 g/mol. The van der Waals surface area contributed by atoms with Crippen LogP contribution < -0.4 is 14.9 Å². The number of anilines is 2. The van der Waals surface area contributed by atoms with Crippen LogP contribution in [0.4, 0.5) is 24.5 Å². The highest BCUT2D eigenvalue weighted by atomic mass is 32.2. The number of carbonyl (C=O) groups excluding carboxylic acids is 1. The van der Waals surface area contributed by atoms with Crippen LogP contribution in [-0.2, 0) is 19.9 Å². The first kappa shape index (κ1) is 47.9. The summed E-state index contributed by atoms with van der Waals surface area (Å²) in [6, 6.07) is 17.8. The van der Waals surface area contributed by atoms with E-state index in [-0.39, 0.29) is 11.7 Å². The van der Waals surface area contributed by atoms with Crippen LogP contribution in [0, 0.1) is 16.2 Å². The molecule has 0 spiro atoms. The van der Waals surface area contributed by atoms with E-state index in [1.54, 1.807) is 23.3 Å². The summed E-state index contributed by atoms with van der Waals surface area (Å²) in [4.78, 5) is 19.1. The highest BCUT2D eigenvalue weighted by Gasteiger charge is 2.67. The molecule has 5 fully saturated rings. The van der Waals surface area contributed by atoms with Gasteiger partial charge in [0, 0.05) is 80.3 Å². The highest BCUT2D eigenvalue weighted by molar-refractivity contribution is 7.99. The van der Waals surface area contributed by atoms with E-state index in [4.69, 9.17) is 0 Å². The summed E-state index contributed by atoms with van der Waals surface area (Å²) in [6.07, 6.45) is 8.82. The van der Waals surface area contributed by atoms with Crippen molar-refractivity contribution in [2.24, 2.45) is 16.2 Å². The molecule has 354 valence electrons. The third kappa shape index (κ3) is 10.8. The summed E-state index contributed by atoms with van der Waals surface area (Å²) < 4.78 is 97.9. The molecule has 2 bridgehead atoms. The van der Waals surface area contributed by atoms with Crippen LogP contribution in [0.1, 0.15) is 88.9 Å². The van der Waals surface area contributed by atoms with E-state index in [2.05, 4.69) is 40.8 Å². The first-order chi connectivity index (χ1) is 30.6. The van der Waals surface area contributed by atoms with Crippen molar-refractivity contribution < 1.29 is 39.9 Å². The molecular formula is C48H62F3N5O6S3. The number of halogens is 3. The Morgan fingerprint density at radius 3 is 2.17 bits per heavy atom. The standard InChI is InChI=1S/C48H62F3N5O6S3/c1-45(2)19-15-35(41(28-45)47-31-46(3,32-47)33-47)29-55-23-25-56(26-24-55)37-11-9-34(10-12-37)44(58)53-65(61,62)40-13-14-42(43(27-40)64(59,60)48(49,50)51)52-36(30-63-39-7-5-4-6-8-39)16-20-54-21-17-38(57)18-22-54/h4-14,27,36,38,52,57H,15-26,28-33H2,1-3H3,(H,53,58). The molecule has 17 heteroatoms. The van der Waals surface area contributed by atoms with E-state index in [9.17, 15) is 39.9 Å². The number of sulfonamides is 1. The Labute approximate surface area is 386 Å². The van der Waals surface area contributed by atoms with Gasteiger partial charge in [-0.1, -0.05) is 50.1 Å². The molecule has 3 aromatic rings. The van der Waals surface area contributed by atoms with Crippen molar-refractivity contribution in [2.75, 3.05) is 68.3 Å². The van der Waals surface area contributed by atoms with E-state index in [1.165, 1.54) is 62.4 Å². The van der Waals surface area contributed by atoms with Gasteiger partial charge in [0.15, 0.2) is 0 Å². The van der Waals surface area contributed by atoms with Gasteiger partial charge in [0.25, 0.3) is 25.8 Å². The minimum absolute atomic E-state index is 0.0153. The molecule has 11 nitrogen and oxygen atoms in total. The number of rotatable bonds is 16. The number of aliphatic hydroxyl groups is 1. The number of amides is 1. The summed E-state index contributed by atoms with van der Waals surface area (Å²) in [5, 5.41) is 12.9. The fourth-order valence-electron chi connectivity index (χ4n) is 10.9. The fraction of sp³-hybridized carbons (Fsp3) is 0.562. The number of sulfone groups is 1. The van der Waals surface area contributed by atoms with Gasteiger partial charge in [-0.3, -0.25) is 9.69 Å². The Balaban J connectivity index is 0.922. The number of carbonyl (C=O) groups is 1. The van der Waals surface area contributed by atoms with Crippen LogP contribution in [0.25, 0.3) is 0 Å². The summed E-state index contributed by atoms with van der Waals surface area (Å²) in [5.41, 5.74) is -0.499. The van der Waals surface area contributed by atoms with Crippen molar-refractivity contribution in [3.05, 3.63) is 89.5 Å². The Morgan fingerprint density at radius 2 is 1.54 bits per heavy atom. The maximum atomic E-state index is 14.2. The predicted molar refractivity (Wildman–Crippen MR) is 249 cm³/mol. The molecule has 9 rings (SSSR count). The van der Waals surface area contributed by atoms with Crippen molar-refractivity contribution in [3.8, 4) is 0 Å². The lowest BCUT2D eigenvalue weighted by Gasteiger charge is -2.72. The van der Waals surface area contributed by atoms with Crippen molar-refractivity contribution in [2.45, 2.75) is 111 Å². The number of hydrogen-bond acceptors (Lipinski definition) is 11. The van der Waals surface area contributed by atoms with Crippen LogP contribution in [0.3, 0.4) is 0 Å². The van der Waals surface area contributed by atoms with E-state index in [0.29, 0.717) is 67.0 Å². The van der Waals surface area contributed by atoms with Gasteiger partial charge in [0.05, 0.1) is 16.7 Å². The van der Waals surface area contributed by atoms with Crippen molar-refractivity contribution in [1.82, 2.24) is 14.5 Å². The average Bonchev–Trinajstić information content (AvgIpc) is 3.24. The largest absolute Gasteiger partial charge is 0.501 e. The number of benzene rings is 3.